The molecule has 0 saturated carbocycles. The highest BCUT2D eigenvalue weighted by atomic mass is 16.7. The number of hydrogen-bond donors (Lipinski definition) is 2. The first-order chi connectivity index (χ1) is 10.2. The summed E-state index contributed by atoms with van der Waals surface area (Å²) in [5, 5.41) is 20.9. The van der Waals surface area contributed by atoms with Gasteiger partial charge in [0, 0.05) is 0 Å². The molecule has 0 spiro atoms. The molecule has 1 atom stereocenters. The molecule has 0 bridgehead atoms. The predicted molar refractivity (Wildman–Crippen MR) is 91.5 cm³/mol. The van der Waals surface area contributed by atoms with E-state index in [1.54, 1.807) is 5.06 Å². The molecule has 1 aromatic rings. The van der Waals surface area contributed by atoms with Gasteiger partial charge in [0.25, 0.3) is 0 Å². The van der Waals surface area contributed by atoms with Crippen molar-refractivity contribution in [2.75, 3.05) is 13.2 Å². The third-order valence-electron chi connectivity index (χ3n) is 3.41. The van der Waals surface area contributed by atoms with Gasteiger partial charge in [-0.15, -0.1) is 0 Å². The highest BCUT2D eigenvalue weighted by Crippen LogP contribution is 2.30. The number of nitrogens with zero attached hydrogens (tertiary/aromatic N) is 1. The van der Waals surface area contributed by atoms with Crippen molar-refractivity contribution in [3.63, 3.8) is 0 Å². The zero-order chi connectivity index (χ0) is 17.4. The van der Waals surface area contributed by atoms with Crippen LogP contribution in [0.3, 0.4) is 0 Å². The normalized spacial score (nSPS) is 13.5. The first-order valence-corrected chi connectivity index (χ1v) is 7.98. The standard InChI is InChI=1S/C16H27NO3.C2H6/c1-13(14-9-7-6-8-10-14)20-17(15(2,3)11-18)16(4,5)12-19;1-2/h6-10,13,18-19H,11-12H2,1-5H3;1-2H3. The van der Waals surface area contributed by atoms with Crippen molar-refractivity contribution in [3.05, 3.63) is 35.9 Å². The van der Waals surface area contributed by atoms with Crippen LogP contribution < -0.4 is 0 Å². The number of benzene rings is 1. The largest absolute Gasteiger partial charge is 0.394 e. The molecule has 0 heterocycles. The van der Waals surface area contributed by atoms with Crippen LogP contribution in [0.1, 0.15) is 60.1 Å². The van der Waals surface area contributed by atoms with Crippen LogP contribution in [0, 0.1) is 0 Å². The van der Waals surface area contributed by atoms with Gasteiger partial charge in [-0.1, -0.05) is 44.2 Å². The molecule has 1 unspecified atom stereocenters. The Balaban J connectivity index is 0.00000211. The second kappa shape index (κ2) is 9.26. The molecule has 0 radical (unpaired) electrons. The van der Waals surface area contributed by atoms with Crippen molar-refractivity contribution in [2.24, 2.45) is 0 Å². The van der Waals surface area contributed by atoms with E-state index in [1.165, 1.54) is 0 Å². The average molecular weight is 311 g/mol. The molecule has 2 N–H and O–H groups in total. The van der Waals surface area contributed by atoms with E-state index >= 15 is 0 Å². The molecule has 0 saturated heterocycles. The molecule has 0 fully saturated rings. The molecule has 4 nitrogen and oxygen atoms in total. The third-order valence-corrected chi connectivity index (χ3v) is 3.41. The van der Waals surface area contributed by atoms with Gasteiger partial charge in [0.15, 0.2) is 0 Å². The fraction of sp³-hybridized carbons (Fsp3) is 0.667. The minimum atomic E-state index is -0.588. The lowest BCUT2D eigenvalue weighted by molar-refractivity contribution is -0.301. The van der Waals surface area contributed by atoms with Crippen LogP contribution in [-0.2, 0) is 4.84 Å². The highest BCUT2D eigenvalue weighted by Gasteiger charge is 2.39. The van der Waals surface area contributed by atoms with Crippen LogP contribution in [0.4, 0.5) is 0 Å². The van der Waals surface area contributed by atoms with Gasteiger partial charge in [0.2, 0.25) is 0 Å². The molecular weight excluding hydrogens is 278 g/mol. The van der Waals surface area contributed by atoms with E-state index in [0.29, 0.717) is 0 Å². The monoisotopic (exact) mass is 311 g/mol. The maximum Gasteiger partial charge on any atom is 0.102 e. The fourth-order valence-electron chi connectivity index (χ4n) is 2.18. The van der Waals surface area contributed by atoms with Crippen LogP contribution in [0.25, 0.3) is 0 Å². The Morgan fingerprint density at radius 2 is 1.36 bits per heavy atom. The van der Waals surface area contributed by atoms with E-state index in [4.69, 9.17) is 4.84 Å². The second-order valence-electron chi connectivity index (χ2n) is 6.39. The lowest BCUT2D eigenvalue weighted by atomic mass is 9.97. The van der Waals surface area contributed by atoms with E-state index in [9.17, 15) is 10.2 Å². The van der Waals surface area contributed by atoms with Crippen molar-refractivity contribution in [2.45, 2.75) is 65.6 Å². The number of aliphatic hydroxyl groups excluding tert-OH is 2. The molecule has 22 heavy (non-hydrogen) atoms. The third kappa shape index (κ3) is 5.69. The second-order valence-corrected chi connectivity index (χ2v) is 6.39. The smallest absolute Gasteiger partial charge is 0.102 e. The van der Waals surface area contributed by atoms with Crippen LogP contribution in [0.5, 0.6) is 0 Å². The van der Waals surface area contributed by atoms with Gasteiger partial charge in [-0.2, -0.15) is 5.06 Å². The van der Waals surface area contributed by atoms with Crippen LogP contribution in [0.2, 0.25) is 0 Å². The number of aliphatic hydroxyl groups is 2. The summed E-state index contributed by atoms with van der Waals surface area (Å²) in [6.07, 6.45) is -0.159. The van der Waals surface area contributed by atoms with Gasteiger partial charge in [-0.05, 0) is 40.2 Å². The molecule has 0 aliphatic heterocycles. The van der Waals surface area contributed by atoms with Crippen molar-refractivity contribution in [1.82, 2.24) is 5.06 Å². The highest BCUT2D eigenvalue weighted by molar-refractivity contribution is 5.16. The summed E-state index contributed by atoms with van der Waals surface area (Å²) in [7, 11) is 0. The Morgan fingerprint density at radius 3 is 1.73 bits per heavy atom. The SMILES string of the molecule is CC.CC(ON(C(C)(C)CO)C(C)(C)CO)c1ccccc1. The minimum Gasteiger partial charge on any atom is -0.394 e. The Bertz CT molecular complexity index is 388. The van der Waals surface area contributed by atoms with E-state index < -0.39 is 11.1 Å². The number of hydroxylamine groups is 2. The first kappa shape index (κ1) is 21.1. The fourth-order valence-corrected chi connectivity index (χ4v) is 2.18. The summed E-state index contributed by atoms with van der Waals surface area (Å²) in [6.45, 7) is 13.4. The summed E-state index contributed by atoms with van der Waals surface area (Å²) in [5.74, 6) is 0. The summed E-state index contributed by atoms with van der Waals surface area (Å²) < 4.78 is 0. The molecular formula is C18H33NO3. The van der Waals surface area contributed by atoms with Gasteiger partial charge in [-0.25, -0.2) is 0 Å². The van der Waals surface area contributed by atoms with Crippen LogP contribution in [0.15, 0.2) is 30.3 Å². The van der Waals surface area contributed by atoms with Crippen molar-refractivity contribution < 1.29 is 15.1 Å². The summed E-state index contributed by atoms with van der Waals surface area (Å²) in [6, 6.07) is 9.90. The Labute approximate surface area is 135 Å². The van der Waals surface area contributed by atoms with E-state index in [0.717, 1.165) is 5.56 Å². The van der Waals surface area contributed by atoms with E-state index in [-0.39, 0.29) is 19.3 Å². The number of rotatable bonds is 7. The Hall–Kier alpha value is -0.940. The average Bonchev–Trinajstić information content (AvgIpc) is 2.54. The van der Waals surface area contributed by atoms with E-state index in [2.05, 4.69) is 0 Å². The minimum absolute atomic E-state index is 0.0576. The topological polar surface area (TPSA) is 52.9 Å². The first-order valence-electron chi connectivity index (χ1n) is 7.98. The quantitative estimate of drug-likeness (QED) is 0.756. The van der Waals surface area contributed by atoms with E-state index in [1.807, 2.05) is 78.8 Å². The van der Waals surface area contributed by atoms with Gasteiger partial charge in [0.05, 0.1) is 24.3 Å². The lowest BCUT2D eigenvalue weighted by Crippen LogP contribution is -2.58. The molecule has 0 aromatic heterocycles. The van der Waals surface area contributed by atoms with Crippen molar-refractivity contribution in [1.29, 1.82) is 0 Å². The molecule has 0 aliphatic carbocycles. The molecule has 4 heteroatoms. The Morgan fingerprint density at radius 1 is 0.955 bits per heavy atom. The maximum atomic E-state index is 9.60. The van der Waals surface area contributed by atoms with Gasteiger partial charge < -0.3 is 10.2 Å². The molecule has 0 aliphatic rings. The maximum absolute atomic E-state index is 9.60. The predicted octanol–water partition coefficient (Wildman–Crippen LogP) is 3.55. The zero-order valence-corrected chi connectivity index (χ0v) is 15.1. The lowest BCUT2D eigenvalue weighted by Gasteiger charge is -2.46. The number of hydrogen-bond acceptors (Lipinski definition) is 4. The molecule has 1 rings (SSSR count). The molecule has 128 valence electrons. The summed E-state index contributed by atoms with van der Waals surface area (Å²) in [5.41, 5.74) is -0.121. The van der Waals surface area contributed by atoms with Gasteiger partial charge in [0.1, 0.15) is 6.10 Å². The van der Waals surface area contributed by atoms with Gasteiger partial charge in [-0.3, -0.25) is 4.84 Å². The van der Waals surface area contributed by atoms with Crippen molar-refractivity contribution in [3.8, 4) is 0 Å². The molecule has 1 aromatic carbocycles. The summed E-state index contributed by atoms with van der Waals surface area (Å²) in [4.78, 5) is 6.06. The summed E-state index contributed by atoms with van der Waals surface area (Å²) >= 11 is 0. The Kier molecular flexibility index (Phi) is 8.86. The zero-order valence-electron chi connectivity index (χ0n) is 15.1. The van der Waals surface area contributed by atoms with Gasteiger partial charge >= 0.3 is 0 Å². The molecule has 0 amide bonds. The van der Waals surface area contributed by atoms with Crippen LogP contribution in [-0.4, -0.2) is 39.6 Å². The van der Waals surface area contributed by atoms with Crippen LogP contribution >= 0.6 is 0 Å². The van der Waals surface area contributed by atoms with Crippen molar-refractivity contribution >= 4 is 0 Å².